The average molecular weight is 406 g/mol. The summed E-state index contributed by atoms with van der Waals surface area (Å²) < 4.78 is 5.34. The SMILES string of the molecule is CC(c1ccc([N+](=O)[O-])cc1)C(NC(=O)OC(C)(C)C)C(=O)N1CCN(C)CC1. The van der Waals surface area contributed by atoms with Gasteiger partial charge in [-0.05, 0) is 33.4 Å². The molecule has 1 heterocycles. The number of nitrogens with one attached hydrogen (secondary N) is 1. The number of amides is 2. The molecule has 0 aromatic heterocycles. The first-order chi connectivity index (χ1) is 13.5. The Balaban J connectivity index is 2.23. The molecule has 2 atom stereocenters. The second-order valence-electron chi connectivity index (χ2n) is 8.39. The lowest BCUT2D eigenvalue weighted by atomic mass is 9.92. The molecular formula is C20H30N4O5. The first-order valence-electron chi connectivity index (χ1n) is 9.69. The van der Waals surface area contributed by atoms with Crippen molar-refractivity contribution in [3.05, 3.63) is 39.9 Å². The summed E-state index contributed by atoms with van der Waals surface area (Å²) in [4.78, 5) is 39.9. The van der Waals surface area contributed by atoms with Crippen LogP contribution in [0.3, 0.4) is 0 Å². The lowest BCUT2D eigenvalue weighted by molar-refractivity contribution is -0.384. The highest BCUT2D eigenvalue weighted by molar-refractivity contribution is 5.87. The zero-order valence-corrected chi connectivity index (χ0v) is 17.7. The summed E-state index contributed by atoms with van der Waals surface area (Å²) in [6, 6.07) is 5.19. The molecule has 1 aromatic rings. The van der Waals surface area contributed by atoms with Gasteiger partial charge in [0.2, 0.25) is 5.91 Å². The van der Waals surface area contributed by atoms with Crippen LogP contribution in [0.25, 0.3) is 0 Å². The summed E-state index contributed by atoms with van der Waals surface area (Å²) in [7, 11) is 2.00. The Hall–Kier alpha value is -2.68. The average Bonchev–Trinajstić information content (AvgIpc) is 2.64. The maximum Gasteiger partial charge on any atom is 0.408 e. The normalized spacial score (nSPS) is 17.3. The number of hydrogen-bond acceptors (Lipinski definition) is 6. The van der Waals surface area contributed by atoms with Crippen molar-refractivity contribution in [2.75, 3.05) is 33.2 Å². The number of hydrogen-bond donors (Lipinski definition) is 1. The molecule has 0 saturated carbocycles. The molecule has 0 spiro atoms. The van der Waals surface area contributed by atoms with Crippen LogP contribution in [-0.2, 0) is 9.53 Å². The molecule has 0 aliphatic carbocycles. The molecule has 2 unspecified atom stereocenters. The van der Waals surface area contributed by atoms with Crippen molar-refractivity contribution < 1.29 is 19.2 Å². The highest BCUT2D eigenvalue weighted by Crippen LogP contribution is 2.24. The highest BCUT2D eigenvalue weighted by atomic mass is 16.6. The fourth-order valence-electron chi connectivity index (χ4n) is 3.15. The van der Waals surface area contributed by atoms with Crippen molar-refractivity contribution in [2.45, 2.75) is 45.3 Å². The smallest absolute Gasteiger partial charge is 0.408 e. The van der Waals surface area contributed by atoms with Gasteiger partial charge in [-0.25, -0.2) is 4.79 Å². The second-order valence-corrected chi connectivity index (χ2v) is 8.39. The van der Waals surface area contributed by atoms with Crippen molar-refractivity contribution in [1.82, 2.24) is 15.1 Å². The first kappa shape index (κ1) is 22.6. The van der Waals surface area contributed by atoms with Crippen molar-refractivity contribution >= 4 is 17.7 Å². The fraction of sp³-hybridized carbons (Fsp3) is 0.600. The third kappa shape index (κ3) is 6.42. The number of rotatable bonds is 5. The van der Waals surface area contributed by atoms with Crippen molar-refractivity contribution in [1.29, 1.82) is 0 Å². The maximum atomic E-state index is 13.2. The monoisotopic (exact) mass is 406 g/mol. The van der Waals surface area contributed by atoms with E-state index in [1.54, 1.807) is 37.8 Å². The van der Waals surface area contributed by atoms with Gasteiger partial charge in [0, 0.05) is 44.2 Å². The standard InChI is InChI=1S/C20H30N4O5/c1-14(15-6-8-16(9-7-15)24(27)28)17(21-19(26)29-20(2,3)4)18(25)23-12-10-22(5)11-13-23/h6-9,14,17H,10-13H2,1-5H3,(H,21,26). The van der Waals surface area contributed by atoms with Gasteiger partial charge in [-0.1, -0.05) is 19.1 Å². The Kier molecular flexibility index (Phi) is 7.18. The van der Waals surface area contributed by atoms with Crippen LogP contribution in [0.1, 0.15) is 39.2 Å². The molecule has 9 nitrogen and oxygen atoms in total. The number of alkyl carbamates (subject to hydrolysis) is 1. The largest absolute Gasteiger partial charge is 0.444 e. The summed E-state index contributed by atoms with van der Waals surface area (Å²) in [5.74, 6) is -0.578. The summed E-state index contributed by atoms with van der Waals surface area (Å²) in [5, 5.41) is 13.6. The van der Waals surface area contributed by atoms with Crippen molar-refractivity contribution in [2.24, 2.45) is 0 Å². The minimum atomic E-state index is -0.838. The maximum absolute atomic E-state index is 13.2. The van der Waals surface area contributed by atoms with Gasteiger partial charge in [0.15, 0.2) is 0 Å². The van der Waals surface area contributed by atoms with E-state index < -0.39 is 28.6 Å². The number of nitro benzene ring substituents is 1. The van der Waals surface area contributed by atoms with Crippen molar-refractivity contribution in [3.8, 4) is 0 Å². The molecule has 9 heteroatoms. The quantitative estimate of drug-likeness (QED) is 0.594. The Bertz CT molecular complexity index is 736. The number of non-ortho nitro benzene ring substituents is 1. The van der Waals surface area contributed by atoms with E-state index in [1.165, 1.54) is 12.1 Å². The lowest BCUT2D eigenvalue weighted by Gasteiger charge is -2.36. The van der Waals surface area contributed by atoms with Crippen molar-refractivity contribution in [3.63, 3.8) is 0 Å². The molecule has 1 saturated heterocycles. The minimum Gasteiger partial charge on any atom is -0.444 e. The number of piperazine rings is 1. The molecule has 2 rings (SSSR count). The Morgan fingerprint density at radius 3 is 2.17 bits per heavy atom. The molecule has 2 amide bonds. The van der Waals surface area contributed by atoms with Crippen LogP contribution in [0.5, 0.6) is 0 Å². The second kappa shape index (κ2) is 9.21. The topological polar surface area (TPSA) is 105 Å². The van der Waals surface area contributed by atoms with E-state index >= 15 is 0 Å². The summed E-state index contributed by atoms with van der Waals surface area (Å²) in [5.41, 5.74) is 0.00407. The van der Waals surface area contributed by atoms with E-state index in [0.29, 0.717) is 13.1 Å². The van der Waals surface area contributed by atoms with Crippen LogP contribution >= 0.6 is 0 Å². The first-order valence-corrected chi connectivity index (χ1v) is 9.69. The molecule has 1 fully saturated rings. The van der Waals surface area contributed by atoms with Gasteiger partial charge in [-0.15, -0.1) is 0 Å². The Labute approximate surface area is 171 Å². The van der Waals surface area contributed by atoms with Crippen LogP contribution in [0.4, 0.5) is 10.5 Å². The van der Waals surface area contributed by atoms with E-state index in [1.807, 2.05) is 14.0 Å². The summed E-state index contributed by atoms with van der Waals surface area (Å²) in [6.45, 7) is 9.76. The third-order valence-corrected chi connectivity index (χ3v) is 4.88. The summed E-state index contributed by atoms with van der Waals surface area (Å²) in [6.07, 6.45) is -0.668. The number of nitrogens with zero attached hydrogens (tertiary/aromatic N) is 3. The van der Waals surface area contributed by atoms with Crippen LogP contribution < -0.4 is 5.32 Å². The van der Waals surface area contributed by atoms with Crippen LogP contribution in [-0.4, -0.2) is 71.6 Å². The molecular weight excluding hydrogens is 376 g/mol. The number of carbonyl (C=O) groups is 2. The molecule has 1 N–H and O–H groups in total. The molecule has 1 aliphatic rings. The lowest BCUT2D eigenvalue weighted by Crippen LogP contribution is -2.56. The summed E-state index contributed by atoms with van der Waals surface area (Å²) >= 11 is 0. The predicted octanol–water partition coefficient (Wildman–Crippen LogP) is 2.37. The minimum absolute atomic E-state index is 0.0250. The zero-order valence-electron chi connectivity index (χ0n) is 17.7. The van der Waals surface area contributed by atoms with E-state index in [-0.39, 0.29) is 11.6 Å². The Morgan fingerprint density at radius 1 is 1.14 bits per heavy atom. The van der Waals surface area contributed by atoms with Gasteiger partial charge in [0.25, 0.3) is 5.69 Å². The molecule has 0 radical (unpaired) electrons. The van der Waals surface area contributed by atoms with Gasteiger partial charge in [-0.2, -0.15) is 0 Å². The number of likely N-dealkylation sites (N-methyl/N-ethyl adjacent to an activating group) is 1. The number of benzene rings is 1. The van der Waals surface area contributed by atoms with Gasteiger partial charge in [0.1, 0.15) is 11.6 Å². The molecule has 1 aliphatic heterocycles. The van der Waals surface area contributed by atoms with E-state index in [2.05, 4.69) is 10.2 Å². The highest BCUT2D eigenvalue weighted by Gasteiger charge is 2.34. The third-order valence-electron chi connectivity index (χ3n) is 4.88. The fourth-order valence-corrected chi connectivity index (χ4v) is 3.15. The Morgan fingerprint density at radius 2 is 1.69 bits per heavy atom. The molecule has 160 valence electrons. The zero-order chi connectivity index (χ0) is 21.8. The van der Waals surface area contributed by atoms with Crippen LogP contribution in [0.15, 0.2) is 24.3 Å². The number of nitro groups is 1. The van der Waals surface area contributed by atoms with E-state index in [4.69, 9.17) is 4.74 Å². The predicted molar refractivity (Wildman–Crippen MR) is 109 cm³/mol. The van der Waals surface area contributed by atoms with E-state index in [9.17, 15) is 19.7 Å². The van der Waals surface area contributed by atoms with Gasteiger partial charge in [0.05, 0.1) is 4.92 Å². The molecule has 1 aromatic carbocycles. The van der Waals surface area contributed by atoms with Gasteiger partial charge < -0.3 is 19.9 Å². The molecule has 0 bridgehead atoms. The number of ether oxygens (including phenoxy) is 1. The van der Waals surface area contributed by atoms with Crippen LogP contribution in [0, 0.1) is 10.1 Å². The molecule has 29 heavy (non-hydrogen) atoms. The van der Waals surface area contributed by atoms with E-state index in [0.717, 1.165) is 18.7 Å². The van der Waals surface area contributed by atoms with Gasteiger partial charge in [-0.3, -0.25) is 14.9 Å². The van der Waals surface area contributed by atoms with Crippen LogP contribution in [0.2, 0.25) is 0 Å². The van der Waals surface area contributed by atoms with Gasteiger partial charge >= 0.3 is 6.09 Å². The number of carbonyl (C=O) groups excluding carboxylic acids is 2.